The molecule has 0 saturated carbocycles. The predicted molar refractivity (Wildman–Crippen MR) is 100 cm³/mol. The van der Waals surface area contributed by atoms with Gasteiger partial charge < -0.3 is 10.0 Å². The average molecular weight is 370 g/mol. The second-order valence-corrected chi connectivity index (χ2v) is 6.68. The Hall–Kier alpha value is -2.96. The first-order valence-electron chi connectivity index (χ1n) is 8.98. The van der Waals surface area contributed by atoms with E-state index in [2.05, 4.69) is 17.0 Å². The molecule has 0 unspecified atom stereocenters. The number of amides is 1. The molecule has 1 N–H and O–H groups in total. The van der Waals surface area contributed by atoms with E-state index in [1.54, 1.807) is 31.0 Å². The van der Waals surface area contributed by atoms with E-state index in [9.17, 15) is 14.3 Å². The molecule has 0 bridgehead atoms. The van der Waals surface area contributed by atoms with Crippen molar-refractivity contribution in [3.05, 3.63) is 58.7 Å². The molecule has 0 radical (unpaired) electrons. The van der Waals surface area contributed by atoms with Gasteiger partial charge in [0.15, 0.2) is 5.65 Å². The highest BCUT2D eigenvalue weighted by atomic mass is 19.1. The van der Waals surface area contributed by atoms with Crippen molar-refractivity contribution in [1.29, 1.82) is 0 Å². The molecule has 2 aromatic heterocycles. The second kappa shape index (κ2) is 7.73. The van der Waals surface area contributed by atoms with Gasteiger partial charge in [-0.05, 0) is 31.0 Å². The average Bonchev–Trinajstić information content (AvgIpc) is 3.07. The van der Waals surface area contributed by atoms with Crippen molar-refractivity contribution < 1.29 is 14.3 Å². The van der Waals surface area contributed by atoms with Crippen LogP contribution in [0.1, 0.15) is 46.9 Å². The Morgan fingerprint density at radius 3 is 2.67 bits per heavy atom. The number of hydrogen-bond donors (Lipinski definition) is 1. The standard InChI is InChI=1S/C20H23FN4O2/c1-4-5-10-24(3)19(26)17-12-22-25-18(17)23-13(2)16(20(25)27)11-14-6-8-15(21)9-7-14/h6-9,12,27H,4-5,10-11H2,1-3H3. The third-order valence-corrected chi connectivity index (χ3v) is 4.64. The van der Waals surface area contributed by atoms with Gasteiger partial charge in [-0.3, -0.25) is 4.79 Å². The van der Waals surface area contributed by atoms with Gasteiger partial charge in [-0.25, -0.2) is 9.37 Å². The van der Waals surface area contributed by atoms with Crippen LogP contribution in [0.2, 0.25) is 0 Å². The topological polar surface area (TPSA) is 70.7 Å². The van der Waals surface area contributed by atoms with Gasteiger partial charge in [0, 0.05) is 31.3 Å². The first-order valence-corrected chi connectivity index (χ1v) is 8.98. The van der Waals surface area contributed by atoms with Crippen LogP contribution >= 0.6 is 0 Å². The van der Waals surface area contributed by atoms with Crippen LogP contribution in [0.4, 0.5) is 4.39 Å². The highest BCUT2D eigenvalue weighted by Gasteiger charge is 2.22. The van der Waals surface area contributed by atoms with Crippen molar-refractivity contribution in [2.75, 3.05) is 13.6 Å². The van der Waals surface area contributed by atoms with Crippen LogP contribution in [0.5, 0.6) is 5.88 Å². The Labute approximate surface area is 157 Å². The van der Waals surface area contributed by atoms with Crippen molar-refractivity contribution in [1.82, 2.24) is 19.5 Å². The number of hydrogen-bond acceptors (Lipinski definition) is 4. The van der Waals surface area contributed by atoms with E-state index in [-0.39, 0.29) is 17.6 Å². The zero-order chi connectivity index (χ0) is 19.6. The minimum atomic E-state index is -0.310. The van der Waals surface area contributed by atoms with Gasteiger partial charge >= 0.3 is 0 Å². The molecule has 0 aliphatic carbocycles. The first kappa shape index (κ1) is 18.8. The Kier molecular flexibility index (Phi) is 5.39. The Morgan fingerprint density at radius 1 is 1.30 bits per heavy atom. The summed E-state index contributed by atoms with van der Waals surface area (Å²) in [6.07, 6.45) is 3.74. The van der Waals surface area contributed by atoms with Crippen LogP contribution in [0.25, 0.3) is 5.65 Å². The molecule has 0 aliphatic rings. The van der Waals surface area contributed by atoms with Crippen molar-refractivity contribution >= 4 is 11.6 Å². The van der Waals surface area contributed by atoms with Crippen LogP contribution in [0, 0.1) is 12.7 Å². The summed E-state index contributed by atoms with van der Waals surface area (Å²) >= 11 is 0. The van der Waals surface area contributed by atoms with Gasteiger partial charge in [0.2, 0.25) is 5.88 Å². The minimum absolute atomic E-state index is 0.0583. The fourth-order valence-corrected chi connectivity index (χ4v) is 2.99. The van der Waals surface area contributed by atoms with E-state index in [1.165, 1.54) is 22.8 Å². The lowest BCUT2D eigenvalue weighted by atomic mass is 10.0. The summed E-state index contributed by atoms with van der Waals surface area (Å²) in [7, 11) is 1.75. The molecule has 3 aromatic rings. The highest BCUT2D eigenvalue weighted by Crippen LogP contribution is 2.26. The zero-order valence-electron chi connectivity index (χ0n) is 15.7. The smallest absolute Gasteiger partial charge is 0.259 e. The number of aromatic nitrogens is 3. The maximum Gasteiger partial charge on any atom is 0.259 e. The molecule has 7 heteroatoms. The van der Waals surface area contributed by atoms with Crippen molar-refractivity contribution in [2.24, 2.45) is 0 Å². The quantitative estimate of drug-likeness (QED) is 0.722. The van der Waals surface area contributed by atoms with E-state index >= 15 is 0 Å². The molecule has 3 rings (SSSR count). The summed E-state index contributed by atoms with van der Waals surface area (Å²) in [5.74, 6) is -0.538. The van der Waals surface area contributed by atoms with Crippen LogP contribution in [-0.4, -0.2) is 44.1 Å². The maximum absolute atomic E-state index is 13.1. The SMILES string of the molecule is CCCCN(C)C(=O)c1cnn2c(O)c(Cc3ccc(F)cc3)c(C)nc12. The monoisotopic (exact) mass is 370 g/mol. The lowest BCUT2D eigenvalue weighted by Gasteiger charge is -2.16. The van der Waals surface area contributed by atoms with Gasteiger partial charge in [-0.2, -0.15) is 9.61 Å². The fraction of sp³-hybridized carbons (Fsp3) is 0.350. The van der Waals surface area contributed by atoms with E-state index in [1.807, 2.05) is 0 Å². The number of aromatic hydroxyl groups is 1. The maximum atomic E-state index is 13.1. The van der Waals surface area contributed by atoms with E-state index in [4.69, 9.17) is 0 Å². The molecule has 0 atom stereocenters. The number of nitrogens with zero attached hydrogens (tertiary/aromatic N) is 4. The zero-order valence-corrected chi connectivity index (χ0v) is 15.7. The van der Waals surface area contributed by atoms with E-state index in [0.29, 0.717) is 35.4 Å². The van der Waals surface area contributed by atoms with Crippen molar-refractivity contribution in [3.63, 3.8) is 0 Å². The normalized spacial score (nSPS) is 11.1. The number of unbranched alkanes of at least 4 members (excludes halogenated alkanes) is 1. The van der Waals surface area contributed by atoms with Gasteiger partial charge in [-0.1, -0.05) is 25.5 Å². The lowest BCUT2D eigenvalue weighted by molar-refractivity contribution is 0.0795. The van der Waals surface area contributed by atoms with Crippen molar-refractivity contribution in [3.8, 4) is 5.88 Å². The summed E-state index contributed by atoms with van der Waals surface area (Å²) in [6, 6.07) is 6.09. The van der Waals surface area contributed by atoms with Crippen LogP contribution in [0.15, 0.2) is 30.5 Å². The number of rotatable bonds is 6. The Balaban J connectivity index is 1.96. The molecule has 2 heterocycles. The molecule has 1 aromatic carbocycles. The third-order valence-electron chi connectivity index (χ3n) is 4.64. The minimum Gasteiger partial charge on any atom is -0.493 e. The van der Waals surface area contributed by atoms with Gasteiger partial charge in [-0.15, -0.1) is 0 Å². The van der Waals surface area contributed by atoms with Crippen LogP contribution in [0.3, 0.4) is 0 Å². The lowest BCUT2D eigenvalue weighted by Crippen LogP contribution is -2.27. The van der Waals surface area contributed by atoms with E-state index in [0.717, 1.165) is 18.4 Å². The molecule has 27 heavy (non-hydrogen) atoms. The summed E-state index contributed by atoms with van der Waals surface area (Å²) in [4.78, 5) is 18.8. The van der Waals surface area contributed by atoms with Crippen molar-refractivity contribution in [2.45, 2.75) is 33.1 Å². The Morgan fingerprint density at radius 2 is 2.00 bits per heavy atom. The summed E-state index contributed by atoms with van der Waals surface area (Å²) in [5.41, 5.74) is 2.74. The van der Waals surface area contributed by atoms with Crippen LogP contribution < -0.4 is 0 Å². The molecule has 0 spiro atoms. The summed E-state index contributed by atoms with van der Waals surface area (Å²) in [5, 5.41) is 14.8. The fourth-order valence-electron chi connectivity index (χ4n) is 2.99. The number of fused-ring (bicyclic) bond motifs is 1. The van der Waals surface area contributed by atoms with Gasteiger partial charge in [0.05, 0.1) is 6.20 Å². The number of carbonyl (C=O) groups excluding carboxylic acids is 1. The third kappa shape index (κ3) is 3.77. The van der Waals surface area contributed by atoms with Gasteiger partial charge in [0.25, 0.3) is 5.91 Å². The number of carbonyl (C=O) groups is 1. The summed E-state index contributed by atoms with van der Waals surface area (Å²) in [6.45, 7) is 4.50. The second-order valence-electron chi connectivity index (χ2n) is 6.68. The summed E-state index contributed by atoms with van der Waals surface area (Å²) < 4.78 is 14.4. The molecule has 142 valence electrons. The van der Waals surface area contributed by atoms with Crippen LogP contribution in [-0.2, 0) is 6.42 Å². The molecular weight excluding hydrogens is 347 g/mol. The molecule has 0 saturated heterocycles. The highest BCUT2D eigenvalue weighted by molar-refractivity contribution is 5.99. The molecule has 1 amide bonds. The number of benzene rings is 1. The predicted octanol–water partition coefficient (Wildman–Crippen LogP) is 3.35. The molecule has 6 nitrogen and oxygen atoms in total. The number of aryl methyl sites for hydroxylation is 1. The largest absolute Gasteiger partial charge is 0.493 e. The molecule has 0 fully saturated rings. The van der Waals surface area contributed by atoms with Gasteiger partial charge in [0.1, 0.15) is 11.4 Å². The Bertz CT molecular complexity index is 966. The van der Waals surface area contributed by atoms with E-state index < -0.39 is 0 Å². The number of halogens is 1. The first-order chi connectivity index (χ1) is 12.9. The molecular formula is C20H23FN4O2. The molecule has 0 aliphatic heterocycles.